The quantitative estimate of drug-likeness (QED) is 0.758. The van der Waals surface area contributed by atoms with Gasteiger partial charge in [-0.25, -0.2) is 0 Å². The molecule has 2 aliphatic heterocycles. The number of nitrogens with two attached hydrogens (primary N) is 1. The van der Waals surface area contributed by atoms with E-state index in [0.29, 0.717) is 12.0 Å². The van der Waals surface area contributed by atoms with E-state index < -0.39 is 0 Å². The van der Waals surface area contributed by atoms with Crippen LogP contribution in [0.25, 0.3) is 0 Å². The van der Waals surface area contributed by atoms with Crippen molar-refractivity contribution in [3.05, 3.63) is 0 Å². The van der Waals surface area contributed by atoms with Crippen LogP contribution in [0.3, 0.4) is 0 Å². The number of likely N-dealkylation sites (tertiary alicyclic amines) is 1. The minimum Gasteiger partial charge on any atom is -0.380 e. The highest BCUT2D eigenvalue weighted by Gasteiger charge is 2.50. The Bertz CT molecular complexity index is 222. The first kappa shape index (κ1) is 11.4. The second-order valence-corrected chi connectivity index (χ2v) is 5.35. The lowest BCUT2D eigenvalue weighted by Gasteiger charge is -2.28. The molecule has 0 aromatic heterocycles. The molecule has 3 nitrogen and oxygen atoms in total. The average Bonchev–Trinajstić information content (AvgIpc) is 2.73. The molecule has 0 aromatic rings. The van der Waals surface area contributed by atoms with E-state index in [9.17, 15) is 0 Å². The normalized spacial score (nSPS) is 38.2. The van der Waals surface area contributed by atoms with Gasteiger partial charge >= 0.3 is 0 Å². The van der Waals surface area contributed by atoms with Gasteiger partial charge < -0.3 is 10.5 Å². The van der Waals surface area contributed by atoms with E-state index in [1.165, 1.54) is 19.4 Å². The minimum absolute atomic E-state index is 0.280. The molecule has 3 atom stereocenters. The van der Waals surface area contributed by atoms with Crippen molar-refractivity contribution in [2.75, 3.05) is 32.8 Å². The van der Waals surface area contributed by atoms with E-state index in [-0.39, 0.29) is 5.41 Å². The second kappa shape index (κ2) is 4.40. The van der Waals surface area contributed by atoms with E-state index in [0.717, 1.165) is 26.3 Å². The van der Waals surface area contributed by atoms with Crippen molar-refractivity contribution in [2.45, 2.75) is 32.7 Å². The van der Waals surface area contributed by atoms with Gasteiger partial charge in [0.25, 0.3) is 0 Å². The number of fused-ring (bicyclic) bond motifs is 1. The molecule has 3 heteroatoms. The summed E-state index contributed by atoms with van der Waals surface area (Å²) in [7, 11) is 0. The van der Waals surface area contributed by atoms with Crippen LogP contribution in [0.4, 0.5) is 0 Å². The van der Waals surface area contributed by atoms with Gasteiger partial charge in [0.1, 0.15) is 0 Å². The van der Waals surface area contributed by atoms with Gasteiger partial charge in [-0.05, 0) is 13.3 Å². The first-order chi connectivity index (χ1) is 7.22. The van der Waals surface area contributed by atoms with Crippen LogP contribution >= 0.6 is 0 Å². The summed E-state index contributed by atoms with van der Waals surface area (Å²) < 4.78 is 5.59. The van der Waals surface area contributed by atoms with Crippen molar-refractivity contribution in [1.29, 1.82) is 0 Å². The number of hydrogen-bond acceptors (Lipinski definition) is 3. The number of hydrogen-bond donors (Lipinski definition) is 1. The van der Waals surface area contributed by atoms with E-state index in [2.05, 4.69) is 18.7 Å². The highest BCUT2D eigenvalue weighted by Crippen LogP contribution is 2.41. The van der Waals surface area contributed by atoms with Gasteiger partial charge in [0.05, 0.1) is 13.2 Å². The van der Waals surface area contributed by atoms with Gasteiger partial charge in [-0.1, -0.05) is 13.3 Å². The van der Waals surface area contributed by atoms with Crippen molar-refractivity contribution >= 4 is 0 Å². The van der Waals surface area contributed by atoms with Gasteiger partial charge in [-0.3, -0.25) is 4.90 Å². The highest BCUT2D eigenvalue weighted by atomic mass is 16.5. The first-order valence-electron chi connectivity index (χ1n) is 6.23. The average molecular weight is 212 g/mol. The van der Waals surface area contributed by atoms with Crippen LogP contribution in [-0.2, 0) is 4.74 Å². The molecule has 2 fully saturated rings. The number of ether oxygens (including phenoxy) is 1. The van der Waals surface area contributed by atoms with Crippen LogP contribution < -0.4 is 5.73 Å². The van der Waals surface area contributed by atoms with Crippen molar-refractivity contribution in [3.63, 3.8) is 0 Å². The molecule has 0 spiro atoms. The summed E-state index contributed by atoms with van der Waals surface area (Å²) in [4.78, 5) is 2.61. The van der Waals surface area contributed by atoms with Crippen LogP contribution in [0.5, 0.6) is 0 Å². The Morgan fingerprint density at radius 1 is 1.60 bits per heavy atom. The number of nitrogens with zero attached hydrogens (tertiary/aromatic N) is 1. The summed E-state index contributed by atoms with van der Waals surface area (Å²) >= 11 is 0. The van der Waals surface area contributed by atoms with Crippen molar-refractivity contribution in [2.24, 2.45) is 17.1 Å². The molecule has 2 aliphatic rings. The van der Waals surface area contributed by atoms with Crippen molar-refractivity contribution in [1.82, 2.24) is 4.90 Å². The molecule has 15 heavy (non-hydrogen) atoms. The Morgan fingerprint density at radius 2 is 2.40 bits per heavy atom. The summed E-state index contributed by atoms with van der Waals surface area (Å²) in [6.45, 7) is 9.53. The molecule has 2 saturated heterocycles. The van der Waals surface area contributed by atoms with Crippen molar-refractivity contribution in [3.8, 4) is 0 Å². The van der Waals surface area contributed by atoms with Crippen molar-refractivity contribution < 1.29 is 4.74 Å². The molecule has 88 valence electrons. The lowest BCUT2D eigenvalue weighted by atomic mass is 9.81. The minimum atomic E-state index is 0.280. The Labute approximate surface area is 93.0 Å². The SMILES string of the molecule is CCCC(C)N1C[C@H]2COC[C@@]2(CN)C1. The Morgan fingerprint density at radius 3 is 3.00 bits per heavy atom. The summed E-state index contributed by atoms with van der Waals surface area (Å²) in [6.07, 6.45) is 2.57. The molecule has 0 bridgehead atoms. The highest BCUT2D eigenvalue weighted by molar-refractivity contribution is 5.01. The number of rotatable bonds is 4. The molecule has 2 rings (SSSR count). The predicted molar refractivity (Wildman–Crippen MR) is 61.7 cm³/mol. The molecule has 0 saturated carbocycles. The summed E-state index contributed by atoms with van der Waals surface area (Å²) in [6, 6.07) is 0.712. The molecule has 0 amide bonds. The third-order valence-electron chi connectivity index (χ3n) is 4.28. The van der Waals surface area contributed by atoms with Gasteiger partial charge in [-0.2, -0.15) is 0 Å². The molecule has 0 aromatic carbocycles. The predicted octanol–water partition coefficient (Wildman–Crippen LogP) is 1.08. The maximum atomic E-state index is 5.94. The zero-order valence-corrected chi connectivity index (χ0v) is 10.0. The summed E-state index contributed by atoms with van der Waals surface area (Å²) in [5, 5.41) is 0. The first-order valence-corrected chi connectivity index (χ1v) is 6.23. The third kappa shape index (κ3) is 1.93. The smallest absolute Gasteiger partial charge is 0.0551 e. The van der Waals surface area contributed by atoms with Gasteiger partial charge in [0.15, 0.2) is 0 Å². The van der Waals surface area contributed by atoms with E-state index in [4.69, 9.17) is 10.5 Å². The maximum absolute atomic E-state index is 5.94. The van der Waals surface area contributed by atoms with Crippen LogP contribution in [0, 0.1) is 11.3 Å². The summed E-state index contributed by atoms with van der Waals surface area (Å²) in [5.41, 5.74) is 6.22. The largest absolute Gasteiger partial charge is 0.380 e. The zero-order chi connectivity index (χ0) is 10.9. The topological polar surface area (TPSA) is 38.5 Å². The van der Waals surface area contributed by atoms with E-state index in [1.54, 1.807) is 0 Å². The van der Waals surface area contributed by atoms with Crippen LogP contribution in [0.2, 0.25) is 0 Å². The molecule has 0 aliphatic carbocycles. The molecule has 1 unspecified atom stereocenters. The third-order valence-corrected chi connectivity index (χ3v) is 4.28. The van der Waals surface area contributed by atoms with Gasteiger partial charge in [0, 0.05) is 37.0 Å². The van der Waals surface area contributed by atoms with Crippen LogP contribution in [0.15, 0.2) is 0 Å². The molecule has 2 heterocycles. The van der Waals surface area contributed by atoms with E-state index >= 15 is 0 Å². The lowest BCUT2D eigenvalue weighted by Crippen LogP contribution is -2.39. The molecular weight excluding hydrogens is 188 g/mol. The fourth-order valence-corrected chi connectivity index (χ4v) is 3.10. The van der Waals surface area contributed by atoms with E-state index in [1.807, 2.05) is 0 Å². The maximum Gasteiger partial charge on any atom is 0.0551 e. The Kier molecular flexibility index (Phi) is 3.33. The Hall–Kier alpha value is -0.120. The summed E-state index contributed by atoms with van der Waals surface area (Å²) in [5.74, 6) is 0.682. The Balaban J connectivity index is 1.98. The lowest BCUT2D eigenvalue weighted by molar-refractivity contribution is 0.117. The molecular formula is C12H24N2O. The zero-order valence-electron chi connectivity index (χ0n) is 10.0. The van der Waals surface area contributed by atoms with Gasteiger partial charge in [-0.15, -0.1) is 0 Å². The fraction of sp³-hybridized carbons (Fsp3) is 1.00. The molecule has 0 radical (unpaired) electrons. The second-order valence-electron chi connectivity index (χ2n) is 5.35. The standard InChI is InChI=1S/C12H24N2O/c1-3-4-10(2)14-5-11-6-15-9-12(11,7-13)8-14/h10-11H,3-9,13H2,1-2H3/t10?,11-,12+/m0/s1. The molecule has 2 N–H and O–H groups in total. The van der Waals surface area contributed by atoms with Gasteiger partial charge in [0.2, 0.25) is 0 Å². The van der Waals surface area contributed by atoms with Crippen LogP contribution in [-0.4, -0.2) is 43.8 Å². The van der Waals surface area contributed by atoms with Crippen LogP contribution in [0.1, 0.15) is 26.7 Å². The monoisotopic (exact) mass is 212 g/mol. The fourth-order valence-electron chi connectivity index (χ4n) is 3.10.